The van der Waals surface area contributed by atoms with E-state index in [1.165, 1.54) is 4.31 Å². The Labute approximate surface area is 105 Å². The molecule has 1 aliphatic heterocycles. The minimum atomic E-state index is -3.69. The SMILES string of the molecule is N#Cc1cc(S(=O)(=O)N2CC[C@H](N)C2)ccc1F. The minimum absolute atomic E-state index is 0.0745. The van der Waals surface area contributed by atoms with Gasteiger partial charge in [-0.2, -0.15) is 9.57 Å². The number of rotatable bonds is 2. The summed E-state index contributed by atoms with van der Waals surface area (Å²) in [6, 6.07) is 4.65. The maximum Gasteiger partial charge on any atom is 0.243 e. The maximum absolute atomic E-state index is 13.1. The van der Waals surface area contributed by atoms with Gasteiger partial charge in [0, 0.05) is 19.1 Å². The molecule has 0 aliphatic carbocycles. The molecule has 1 heterocycles. The normalized spacial score (nSPS) is 20.8. The highest BCUT2D eigenvalue weighted by Crippen LogP contribution is 2.22. The smallest absolute Gasteiger partial charge is 0.243 e. The predicted octanol–water partition coefficient (Wildman–Crippen LogP) is 0.419. The molecule has 1 aliphatic rings. The summed E-state index contributed by atoms with van der Waals surface area (Å²) in [5.74, 6) is -0.727. The summed E-state index contributed by atoms with van der Waals surface area (Å²) >= 11 is 0. The van der Waals surface area contributed by atoms with Crippen LogP contribution in [0.25, 0.3) is 0 Å². The number of halogens is 1. The van der Waals surface area contributed by atoms with Crippen molar-refractivity contribution in [2.24, 2.45) is 5.73 Å². The molecule has 2 rings (SSSR count). The van der Waals surface area contributed by atoms with E-state index in [-0.39, 0.29) is 23.0 Å². The summed E-state index contributed by atoms with van der Waals surface area (Å²) in [5.41, 5.74) is 5.38. The summed E-state index contributed by atoms with van der Waals surface area (Å²) in [6.45, 7) is 0.602. The number of sulfonamides is 1. The monoisotopic (exact) mass is 269 g/mol. The molecule has 1 aromatic carbocycles. The van der Waals surface area contributed by atoms with Crippen LogP contribution < -0.4 is 5.73 Å². The Kier molecular flexibility index (Phi) is 3.34. The lowest BCUT2D eigenvalue weighted by atomic mass is 10.2. The van der Waals surface area contributed by atoms with Crippen LogP contribution in [-0.2, 0) is 10.0 Å². The highest BCUT2D eigenvalue weighted by atomic mass is 32.2. The zero-order valence-electron chi connectivity index (χ0n) is 9.51. The van der Waals surface area contributed by atoms with Gasteiger partial charge < -0.3 is 5.73 Å². The van der Waals surface area contributed by atoms with Crippen LogP contribution in [0.3, 0.4) is 0 Å². The molecule has 0 radical (unpaired) electrons. The van der Waals surface area contributed by atoms with Crippen LogP contribution in [0, 0.1) is 17.1 Å². The number of hydrogen-bond acceptors (Lipinski definition) is 4. The van der Waals surface area contributed by atoms with Crippen LogP contribution in [0.5, 0.6) is 0 Å². The van der Waals surface area contributed by atoms with E-state index in [0.717, 1.165) is 18.2 Å². The maximum atomic E-state index is 13.1. The third kappa shape index (κ3) is 2.22. The third-order valence-electron chi connectivity index (χ3n) is 2.88. The highest BCUT2D eigenvalue weighted by molar-refractivity contribution is 7.89. The van der Waals surface area contributed by atoms with E-state index in [2.05, 4.69) is 0 Å². The molecular formula is C11H12FN3O2S. The van der Waals surface area contributed by atoms with Gasteiger partial charge in [0.1, 0.15) is 11.9 Å². The second kappa shape index (κ2) is 4.65. The van der Waals surface area contributed by atoms with E-state index < -0.39 is 15.8 Å². The van der Waals surface area contributed by atoms with Crippen LogP contribution in [-0.4, -0.2) is 31.9 Å². The summed E-state index contributed by atoms with van der Waals surface area (Å²) in [4.78, 5) is -0.0745. The highest BCUT2D eigenvalue weighted by Gasteiger charge is 2.31. The van der Waals surface area contributed by atoms with Crippen molar-refractivity contribution in [3.63, 3.8) is 0 Å². The first kappa shape index (κ1) is 13.0. The zero-order chi connectivity index (χ0) is 13.3. The van der Waals surface area contributed by atoms with Gasteiger partial charge in [-0.3, -0.25) is 0 Å². The summed E-state index contributed by atoms with van der Waals surface area (Å²) in [7, 11) is -3.69. The van der Waals surface area contributed by atoms with Gasteiger partial charge in [-0.05, 0) is 24.6 Å². The molecule has 0 unspecified atom stereocenters. The third-order valence-corrected chi connectivity index (χ3v) is 4.74. The van der Waals surface area contributed by atoms with E-state index in [0.29, 0.717) is 13.0 Å². The molecule has 1 aromatic rings. The van der Waals surface area contributed by atoms with Crippen molar-refractivity contribution < 1.29 is 12.8 Å². The largest absolute Gasteiger partial charge is 0.326 e. The van der Waals surface area contributed by atoms with Gasteiger partial charge in [0.15, 0.2) is 0 Å². The van der Waals surface area contributed by atoms with Crippen LogP contribution in [0.15, 0.2) is 23.1 Å². The van der Waals surface area contributed by atoms with Gasteiger partial charge >= 0.3 is 0 Å². The fourth-order valence-electron chi connectivity index (χ4n) is 1.87. The molecule has 7 heteroatoms. The molecule has 0 aromatic heterocycles. The fourth-order valence-corrected chi connectivity index (χ4v) is 3.41. The molecule has 18 heavy (non-hydrogen) atoms. The average Bonchev–Trinajstić information content (AvgIpc) is 2.77. The van der Waals surface area contributed by atoms with Gasteiger partial charge in [0.05, 0.1) is 10.5 Å². The van der Waals surface area contributed by atoms with Gasteiger partial charge in [-0.15, -0.1) is 0 Å². The Morgan fingerprint density at radius 3 is 2.78 bits per heavy atom. The Bertz CT molecular complexity index is 609. The van der Waals surface area contributed by atoms with Crippen LogP contribution in [0.1, 0.15) is 12.0 Å². The standard InChI is InChI=1S/C11H12FN3O2S/c12-11-2-1-10(5-8(11)6-13)18(16,17)15-4-3-9(14)7-15/h1-2,5,9H,3-4,7,14H2/t9-/m0/s1. The summed E-state index contributed by atoms with van der Waals surface area (Å²) in [6.07, 6.45) is 0.603. The second-order valence-electron chi connectivity index (χ2n) is 4.17. The molecular weight excluding hydrogens is 257 g/mol. The van der Waals surface area contributed by atoms with Gasteiger partial charge in [-0.25, -0.2) is 12.8 Å². The zero-order valence-corrected chi connectivity index (χ0v) is 10.3. The lowest BCUT2D eigenvalue weighted by Gasteiger charge is -2.16. The lowest BCUT2D eigenvalue weighted by molar-refractivity contribution is 0.472. The Balaban J connectivity index is 2.39. The fraction of sp³-hybridized carbons (Fsp3) is 0.364. The van der Waals surface area contributed by atoms with Crippen LogP contribution >= 0.6 is 0 Å². The number of hydrogen-bond donors (Lipinski definition) is 1. The van der Waals surface area contributed by atoms with Gasteiger partial charge in [0.25, 0.3) is 0 Å². The first-order valence-electron chi connectivity index (χ1n) is 5.40. The van der Waals surface area contributed by atoms with Crippen molar-refractivity contribution in [1.29, 1.82) is 5.26 Å². The Hall–Kier alpha value is -1.49. The summed E-state index contributed by atoms with van der Waals surface area (Å²) in [5, 5.41) is 8.70. The second-order valence-corrected chi connectivity index (χ2v) is 6.10. The minimum Gasteiger partial charge on any atom is -0.326 e. The number of benzene rings is 1. The first-order valence-corrected chi connectivity index (χ1v) is 6.84. The van der Waals surface area contributed by atoms with E-state index in [9.17, 15) is 12.8 Å². The van der Waals surface area contributed by atoms with Crippen LogP contribution in [0.4, 0.5) is 4.39 Å². The number of nitriles is 1. The quantitative estimate of drug-likeness (QED) is 0.842. The van der Waals surface area contributed by atoms with Crippen molar-refractivity contribution in [1.82, 2.24) is 4.31 Å². The van der Waals surface area contributed by atoms with E-state index in [4.69, 9.17) is 11.0 Å². The first-order chi connectivity index (χ1) is 8.45. The molecule has 0 bridgehead atoms. The Morgan fingerprint density at radius 2 is 2.22 bits per heavy atom. The van der Waals surface area contributed by atoms with Crippen molar-refractivity contribution >= 4 is 10.0 Å². The van der Waals surface area contributed by atoms with Gasteiger partial charge in [0.2, 0.25) is 10.0 Å². The average molecular weight is 269 g/mol. The molecule has 96 valence electrons. The van der Waals surface area contributed by atoms with Crippen molar-refractivity contribution in [3.8, 4) is 6.07 Å². The predicted molar refractivity (Wildman–Crippen MR) is 62.5 cm³/mol. The molecule has 2 N–H and O–H groups in total. The van der Waals surface area contributed by atoms with E-state index in [1.807, 2.05) is 0 Å². The van der Waals surface area contributed by atoms with Crippen molar-refractivity contribution in [3.05, 3.63) is 29.6 Å². The number of nitrogens with two attached hydrogens (primary N) is 1. The van der Waals surface area contributed by atoms with Gasteiger partial charge in [-0.1, -0.05) is 0 Å². The Morgan fingerprint density at radius 1 is 1.50 bits per heavy atom. The van der Waals surface area contributed by atoms with E-state index >= 15 is 0 Å². The molecule has 1 saturated heterocycles. The molecule has 0 amide bonds. The van der Waals surface area contributed by atoms with Crippen molar-refractivity contribution in [2.45, 2.75) is 17.4 Å². The number of nitrogens with zero attached hydrogens (tertiary/aromatic N) is 2. The molecule has 0 spiro atoms. The van der Waals surface area contributed by atoms with Crippen LogP contribution in [0.2, 0.25) is 0 Å². The van der Waals surface area contributed by atoms with E-state index in [1.54, 1.807) is 6.07 Å². The molecule has 0 saturated carbocycles. The molecule has 5 nitrogen and oxygen atoms in total. The molecule has 1 atom stereocenters. The van der Waals surface area contributed by atoms with Crippen molar-refractivity contribution in [2.75, 3.05) is 13.1 Å². The summed E-state index contributed by atoms with van der Waals surface area (Å²) < 4.78 is 38.8. The molecule has 1 fully saturated rings. The lowest BCUT2D eigenvalue weighted by Crippen LogP contribution is -2.32. The topological polar surface area (TPSA) is 87.2 Å².